The predicted molar refractivity (Wildman–Crippen MR) is 120 cm³/mol. The molecule has 0 aliphatic carbocycles. The largest absolute Gasteiger partial charge is 0.325 e. The van der Waals surface area contributed by atoms with Crippen molar-refractivity contribution in [2.24, 2.45) is 0 Å². The first-order chi connectivity index (χ1) is 14.5. The number of fused-ring (bicyclic) bond motifs is 1. The summed E-state index contributed by atoms with van der Waals surface area (Å²) in [7, 11) is -3.84. The summed E-state index contributed by atoms with van der Waals surface area (Å²) in [6, 6.07) is 22.6. The zero-order valence-corrected chi connectivity index (χ0v) is 18.1. The molecule has 4 rings (SSSR count). The number of amides is 1. The number of sulfonamides is 1. The first-order valence-electron chi connectivity index (χ1n) is 9.57. The summed E-state index contributed by atoms with van der Waals surface area (Å²) in [5, 5.41) is 2.91. The van der Waals surface area contributed by atoms with Crippen molar-refractivity contribution in [3.8, 4) is 0 Å². The molecule has 3 aromatic rings. The van der Waals surface area contributed by atoms with Gasteiger partial charge in [-0.15, -0.1) is 11.8 Å². The van der Waals surface area contributed by atoms with Crippen molar-refractivity contribution >= 4 is 33.4 Å². The van der Waals surface area contributed by atoms with E-state index in [0.29, 0.717) is 12.1 Å². The van der Waals surface area contributed by atoms with Crippen molar-refractivity contribution in [1.82, 2.24) is 4.31 Å². The van der Waals surface area contributed by atoms with Gasteiger partial charge in [-0.05, 0) is 54.1 Å². The SMILES string of the molecule is CSc1cccc(NC(=O)C2Cc3ccccc3CN2S(=O)(=O)c2ccccc2)c1. The zero-order valence-electron chi connectivity index (χ0n) is 16.5. The average molecular weight is 439 g/mol. The van der Waals surface area contributed by atoms with Gasteiger partial charge in [-0.25, -0.2) is 8.42 Å². The second-order valence-electron chi connectivity index (χ2n) is 7.07. The molecule has 1 aliphatic rings. The highest BCUT2D eigenvalue weighted by Crippen LogP contribution is 2.30. The molecule has 1 atom stereocenters. The van der Waals surface area contributed by atoms with Crippen molar-refractivity contribution in [1.29, 1.82) is 0 Å². The van der Waals surface area contributed by atoms with Crippen molar-refractivity contribution in [3.05, 3.63) is 90.0 Å². The number of benzene rings is 3. The summed E-state index contributed by atoms with van der Waals surface area (Å²) in [6.07, 6.45) is 2.30. The lowest BCUT2D eigenvalue weighted by atomic mass is 9.95. The second-order valence-corrected chi connectivity index (χ2v) is 9.84. The molecule has 3 aromatic carbocycles. The minimum atomic E-state index is -3.84. The van der Waals surface area contributed by atoms with E-state index in [1.807, 2.05) is 54.8 Å². The monoisotopic (exact) mass is 438 g/mol. The fraction of sp³-hybridized carbons (Fsp3) is 0.174. The Morgan fingerprint density at radius 2 is 1.67 bits per heavy atom. The van der Waals surface area contributed by atoms with Gasteiger partial charge < -0.3 is 5.32 Å². The highest BCUT2D eigenvalue weighted by molar-refractivity contribution is 7.98. The molecule has 0 spiro atoms. The molecule has 30 heavy (non-hydrogen) atoms. The first kappa shape index (κ1) is 20.7. The maximum Gasteiger partial charge on any atom is 0.244 e. The normalized spacial score (nSPS) is 16.6. The molecule has 154 valence electrons. The summed E-state index contributed by atoms with van der Waals surface area (Å²) >= 11 is 1.58. The molecule has 1 aliphatic heterocycles. The fourth-order valence-corrected chi connectivity index (χ4v) is 5.67. The number of thioether (sulfide) groups is 1. The summed E-state index contributed by atoms with van der Waals surface area (Å²) < 4.78 is 28.1. The number of rotatable bonds is 5. The number of carbonyl (C=O) groups is 1. The van der Waals surface area contributed by atoms with Gasteiger partial charge in [-0.2, -0.15) is 4.31 Å². The lowest BCUT2D eigenvalue weighted by molar-refractivity contribution is -0.120. The van der Waals surface area contributed by atoms with E-state index in [9.17, 15) is 13.2 Å². The second kappa shape index (κ2) is 8.63. The van der Waals surface area contributed by atoms with E-state index in [2.05, 4.69) is 5.32 Å². The van der Waals surface area contributed by atoms with Gasteiger partial charge in [0.2, 0.25) is 15.9 Å². The lowest BCUT2D eigenvalue weighted by Crippen LogP contribution is -2.50. The molecule has 0 fully saturated rings. The average Bonchev–Trinajstić information content (AvgIpc) is 2.79. The van der Waals surface area contributed by atoms with Gasteiger partial charge in [0.1, 0.15) is 6.04 Å². The number of hydrogen-bond donors (Lipinski definition) is 1. The summed E-state index contributed by atoms with van der Waals surface area (Å²) in [5.74, 6) is -0.331. The van der Waals surface area contributed by atoms with E-state index >= 15 is 0 Å². The molecule has 7 heteroatoms. The Kier molecular flexibility index (Phi) is 5.94. The van der Waals surface area contributed by atoms with Gasteiger partial charge in [0.25, 0.3) is 0 Å². The molecule has 0 aromatic heterocycles. The van der Waals surface area contributed by atoms with Crippen LogP contribution in [0.4, 0.5) is 5.69 Å². The van der Waals surface area contributed by atoms with Gasteiger partial charge in [0, 0.05) is 17.1 Å². The topological polar surface area (TPSA) is 66.5 Å². The molecule has 5 nitrogen and oxygen atoms in total. The highest BCUT2D eigenvalue weighted by atomic mass is 32.2. The number of anilines is 1. The van der Waals surface area contributed by atoms with Crippen LogP contribution in [0.25, 0.3) is 0 Å². The van der Waals surface area contributed by atoms with E-state index in [1.54, 1.807) is 42.1 Å². The maximum absolute atomic E-state index is 13.4. The third-order valence-electron chi connectivity index (χ3n) is 5.20. The summed E-state index contributed by atoms with van der Waals surface area (Å²) in [5.41, 5.74) is 2.57. The molecule has 1 heterocycles. The Labute approximate surface area is 181 Å². The molecule has 0 radical (unpaired) electrons. The van der Waals surface area contributed by atoms with E-state index in [0.717, 1.165) is 16.0 Å². The van der Waals surface area contributed by atoms with Gasteiger partial charge in [-0.3, -0.25) is 4.79 Å². The molecular weight excluding hydrogens is 416 g/mol. The van der Waals surface area contributed by atoms with Crippen LogP contribution in [0.5, 0.6) is 0 Å². The molecular formula is C23H22N2O3S2. The molecule has 0 saturated carbocycles. The van der Waals surface area contributed by atoms with Crippen LogP contribution < -0.4 is 5.32 Å². The van der Waals surface area contributed by atoms with Crippen LogP contribution in [0.2, 0.25) is 0 Å². The number of nitrogens with zero attached hydrogens (tertiary/aromatic N) is 1. The quantitative estimate of drug-likeness (QED) is 0.608. The van der Waals surface area contributed by atoms with Crippen LogP contribution in [0.3, 0.4) is 0 Å². The molecule has 0 bridgehead atoms. The van der Waals surface area contributed by atoms with E-state index in [4.69, 9.17) is 0 Å². The van der Waals surface area contributed by atoms with Crippen LogP contribution in [0.15, 0.2) is 88.7 Å². The third-order valence-corrected chi connectivity index (χ3v) is 7.79. The van der Waals surface area contributed by atoms with Crippen molar-refractivity contribution in [3.63, 3.8) is 0 Å². The van der Waals surface area contributed by atoms with Crippen LogP contribution in [-0.2, 0) is 27.8 Å². The maximum atomic E-state index is 13.4. The third kappa shape index (κ3) is 4.14. The predicted octanol–water partition coefficient (Wildman–Crippen LogP) is 4.16. The number of nitrogens with one attached hydrogen (secondary N) is 1. The Morgan fingerprint density at radius 3 is 2.40 bits per heavy atom. The number of carbonyl (C=O) groups excluding carboxylic acids is 1. The number of hydrogen-bond acceptors (Lipinski definition) is 4. The smallest absolute Gasteiger partial charge is 0.244 e. The highest BCUT2D eigenvalue weighted by Gasteiger charge is 2.39. The van der Waals surface area contributed by atoms with Gasteiger partial charge >= 0.3 is 0 Å². The summed E-state index contributed by atoms with van der Waals surface area (Å²) in [4.78, 5) is 14.5. The fourth-order valence-electron chi connectivity index (χ4n) is 3.63. The van der Waals surface area contributed by atoms with E-state index in [-0.39, 0.29) is 17.3 Å². The van der Waals surface area contributed by atoms with E-state index < -0.39 is 16.1 Å². The first-order valence-corrected chi connectivity index (χ1v) is 12.2. The van der Waals surface area contributed by atoms with Gasteiger partial charge in [0.05, 0.1) is 4.90 Å². The minimum absolute atomic E-state index is 0.163. The molecule has 0 saturated heterocycles. The summed E-state index contributed by atoms with van der Waals surface area (Å²) in [6.45, 7) is 0.163. The van der Waals surface area contributed by atoms with Crippen molar-refractivity contribution in [2.45, 2.75) is 28.8 Å². The van der Waals surface area contributed by atoms with Crippen LogP contribution in [-0.4, -0.2) is 30.9 Å². The molecule has 1 amide bonds. The van der Waals surface area contributed by atoms with Crippen molar-refractivity contribution < 1.29 is 13.2 Å². The molecule has 1 unspecified atom stereocenters. The molecule has 1 N–H and O–H groups in total. The van der Waals surface area contributed by atoms with Gasteiger partial charge in [0.15, 0.2) is 0 Å². The Bertz CT molecular complexity index is 1160. The Hall–Kier alpha value is -2.61. The lowest BCUT2D eigenvalue weighted by Gasteiger charge is -2.35. The minimum Gasteiger partial charge on any atom is -0.325 e. The standard InChI is InChI=1S/C23H22N2O3S2/c1-29-20-11-7-10-19(15-20)24-23(26)22-14-17-8-5-6-9-18(17)16-25(22)30(27,28)21-12-3-2-4-13-21/h2-13,15,22H,14,16H2,1H3,(H,24,26). The Morgan fingerprint density at radius 1 is 0.967 bits per heavy atom. The van der Waals surface area contributed by atoms with Crippen LogP contribution in [0, 0.1) is 0 Å². The van der Waals surface area contributed by atoms with Crippen molar-refractivity contribution in [2.75, 3.05) is 11.6 Å². The van der Waals surface area contributed by atoms with E-state index in [1.165, 1.54) is 4.31 Å². The van der Waals surface area contributed by atoms with Crippen LogP contribution in [0.1, 0.15) is 11.1 Å². The zero-order chi connectivity index (χ0) is 21.1. The van der Waals surface area contributed by atoms with Gasteiger partial charge in [-0.1, -0.05) is 48.5 Å². The van der Waals surface area contributed by atoms with Crippen LogP contribution >= 0.6 is 11.8 Å². The Balaban J connectivity index is 1.70.